The molecule has 1 atom stereocenters. The predicted molar refractivity (Wildman–Crippen MR) is 73.4 cm³/mol. The minimum absolute atomic E-state index is 0.347. The van der Waals surface area contributed by atoms with E-state index in [2.05, 4.69) is 27.9 Å². The number of hydrogen-bond acceptors (Lipinski definition) is 3. The van der Waals surface area contributed by atoms with Crippen LogP contribution >= 0.6 is 0 Å². The number of imidazole rings is 1. The Morgan fingerprint density at radius 2 is 2.32 bits per heavy atom. The summed E-state index contributed by atoms with van der Waals surface area (Å²) in [6.45, 7) is 5.84. The molecule has 0 aliphatic carbocycles. The number of aromatic nitrogens is 3. The number of nitrogens with one attached hydrogen (secondary N) is 1. The van der Waals surface area contributed by atoms with Gasteiger partial charge in [0, 0.05) is 44.3 Å². The summed E-state index contributed by atoms with van der Waals surface area (Å²) in [6, 6.07) is 4.50. The minimum atomic E-state index is 0.347. The molecule has 0 amide bonds. The Kier molecular flexibility index (Phi) is 4.03. The zero-order valence-electron chi connectivity index (χ0n) is 11.6. The van der Waals surface area contributed by atoms with Crippen molar-refractivity contribution in [3.8, 4) is 6.07 Å². The van der Waals surface area contributed by atoms with Crippen molar-refractivity contribution in [2.75, 3.05) is 0 Å². The fourth-order valence-electron chi connectivity index (χ4n) is 2.11. The SMILES string of the molecule is Cc1c(CNC(C)Cn2ccnc2)cc(C#N)n1C. The maximum Gasteiger partial charge on any atom is 0.120 e. The minimum Gasteiger partial charge on any atom is -0.340 e. The molecule has 0 fully saturated rings. The largest absolute Gasteiger partial charge is 0.340 e. The van der Waals surface area contributed by atoms with Gasteiger partial charge in [-0.05, 0) is 25.5 Å². The van der Waals surface area contributed by atoms with Gasteiger partial charge in [-0.15, -0.1) is 0 Å². The molecule has 100 valence electrons. The normalized spacial score (nSPS) is 12.3. The zero-order valence-corrected chi connectivity index (χ0v) is 11.6. The van der Waals surface area contributed by atoms with Crippen molar-refractivity contribution in [3.05, 3.63) is 41.7 Å². The highest BCUT2D eigenvalue weighted by molar-refractivity contribution is 5.34. The summed E-state index contributed by atoms with van der Waals surface area (Å²) in [5.41, 5.74) is 3.02. The van der Waals surface area contributed by atoms with E-state index in [4.69, 9.17) is 5.26 Å². The molecule has 5 heteroatoms. The Morgan fingerprint density at radius 1 is 1.53 bits per heavy atom. The van der Waals surface area contributed by atoms with Gasteiger partial charge in [0.2, 0.25) is 0 Å². The van der Waals surface area contributed by atoms with E-state index in [-0.39, 0.29) is 0 Å². The smallest absolute Gasteiger partial charge is 0.120 e. The van der Waals surface area contributed by atoms with Crippen LogP contribution in [-0.4, -0.2) is 20.2 Å². The molecular formula is C14H19N5. The fraction of sp³-hybridized carbons (Fsp3) is 0.429. The molecule has 2 rings (SSSR count). The van der Waals surface area contributed by atoms with Gasteiger partial charge >= 0.3 is 0 Å². The van der Waals surface area contributed by atoms with Crippen molar-refractivity contribution in [3.63, 3.8) is 0 Å². The number of nitrogens with zero attached hydrogens (tertiary/aromatic N) is 4. The van der Waals surface area contributed by atoms with Crippen LogP contribution in [0.4, 0.5) is 0 Å². The van der Waals surface area contributed by atoms with E-state index in [1.165, 1.54) is 5.56 Å². The predicted octanol–water partition coefficient (Wildman–Crippen LogP) is 1.58. The summed E-state index contributed by atoms with van der Waals surface area (Å²) < 4.78 is 3.98. The van der Waals surface area contributed by atoms with Crippen LogP contribution in [0.25, 0.3) is 0 Å². The Bertz CT molecular complexity index is 574. The molecule has 19 heavy (non-hydrogen) atoms. The highest BCUT2D eigenvalue weighted by Crippen LogP contribution is 2.13. The summed E-state index contributed by atoms with van der Waals surface area (Å²) >= 11 is 0. The second-order valence-electron chi connectivity index (χ2n) is 4.85. The molecule has 0 aliphatic heterocycles. The molecule has 2 aromatic heterocycles. The standard InChI is InChI=1S/C14H19N5/c1-11(9-19-5-4-16-10-19)17-8-13-6-14(7-15)18(3)12(13)2/h4-6,10-11,17H,8-9H2,1-3H3. The van der Waals surface area contributed by atoms with Crippen molar-refractivity contribution < 1.29 is 0 Å². The molecule has 2 aromatic rings. The van der Waals surface area contributed by atoms with Crippen LogP contribution in [0.2, 0.25) is 0 Å². The zero-order chi connectivity index (χ0) is 13.8. The molecule has 0 aromatic carbocycles. The van der Waals surface area contributed by atoms with Gasteiger partial charge in [-0.1, -0.05) is 0 Å². The topological polar surface area (TPSA) is 58.6 Å². The van der Waals surface area contributed by atoms with E-state index in [0.29, 0.717) is 11.7 Å². The molecule has 2 heterocycles. The third kappa shape index (κ3) is 3.04. The number of rotatable bonds is 5. The van der Waals surface area contributed by atoms with E-state index in [1.807, 2.05) is 37.1 Å². The van der Waals surface area contributed by atoms with Crippen LogP contribution in [0.15, 0.2) is 24.8 Å². The first kappa shape index (κ1) is 13.4. The first-order chi connectivity index (χ1) is 9.11. The van der Waals surface area contributed by atoms with Crippen molar-refractivity contribution in [2.24, 2.45) is 7.05 Å². The van der Waals surface area contributed by atoms with Gasteiger partial charge in [-0.2, -0.15) is 5.26 Å². The van der Waals surface area contributed by atoms with Crippen LogP contribution in [-0.2, 0) is 20.1 Å². The van der Waals surface area contributed by atoms with Gasteiger partial charge in [-0.3, -0.25) is 0 Å². The van der Waals surface area contributed by atoms with Gasteiger partial charge in [0.05, 0.1) is 6.33 Å². The lowest BCUT2D eigenvalue weighted by Crippen LogP contribution is -2.29. The third-order valence-electron chi connectivity index (χ3n) is 3.44. The highest BCUT2D eigenvalue weighted by Gasteiger charge is 2.09. The molecule has 0 saturated heterocycles. The Morgan fingerprint density at radius 3 is 2.89 bits per heavy atom. The Hall–Kier alpha value is -2.06. The van der Waals surface area contributed by atoms with Crippen molar-refractivity contribution in [2.45, 2.75) is 33.0 Å². The second kappa shape index (κ2) is 5.72. The van der Waals surface area contributed by atoms with Crippen LogP contribution in [0, 0.1) is 18.3 Å². The average molecular weight is 257 g/mol. The Labute approximate surface area is 113 Å². The number of nitriles is 1. The first-order valence-corrected chi connectivity index (χ1v) is 6.36. The van der Waals surface area contributed by atoms with Crippen LogP contribution in [0.5, 0.6) is 0 Å². The molecule has 0 radical (unpaired) electrons. The van der Waals surface area contributed by atoms with Gasteiger partial charge in [-0.25, -0.2) is 4.98 Å². The maximum atomic E-state index is 9.00. The summed E-state index contributed by atoms with van der Waals surface area (Å²) in [7, 11) is 1.92. The fourth-order valence-corrected chi connectivity index (χ4v) is 2.11. The van der Waals surface area contributed by atoms with Gasteiger partial charge in [0.25, 0.3) is 0 Å². The molecule has 5 nitrogen and oxygen atoms in total. The number of hydrogen-bond donors (Lipinski definition) is 1. The summed E-state index contributed by atoms with van der Waals surface area (Å²) in [4.78, 5) is 4.03. The summed E-state index contributed by atoms with van der Waals surface area (Å²) in [5.74, 6) is 0. The van der Waals surface area contributed by atoms with Gasteiger partial charge in [0.15, 0.2) is 0 Å². The lowest BCUT2D eigenvalue weighted by Gasteiger charge is -2.14. The lowest BCUT2D eigenvalue weighted by atomic mass is 10.2. The van der Waals surface area contributed by atoms with Crippen molar-refractivity contribution >= 4 is 0 Å². The van der Waals surface area contributed by atoms with Crippen molar-refractivity contribution in [1.82, 2.24) is 19.4 Å². The quantitative estimate of drug-likeness (QED) is 0.884. The van der Waals surface area contributed by atoms with E-state index in [9.17, 15) is 0 Å². The van der Waals surface area contributed by atoms with Crippen molar-refractivity contribution in [1.29, 1.82) is 5.26 Å². The van der Waals surface area contributed by atoms with E-state index < -0.39 is 0 Å². The van der Waals surface area contributed by atoms with Crippen LogP contribution in [0.3, 0.4) is 0 Å². The summed E-state index contributed by atoms with van der Waals surface area (Å²) in [5, 5.41) is 12.5. The monoisotopic (exact) mass is 257 g/mol. The molecule has 1 unspecified atom stereocenters. The third-order valence-corrected chi connectivity index (χ3v) is 3.44. The van der Waals surface area contributed by atoms with Crippen LogP contribution < -0.4 is 5.32 Å². The molecule has 0 spiro atoms. The second-order valence-corrected chi connectivity index (χ2v) is 4.85. The van der Waals surface area contributed by atoms with E-state index >= 15 is 0 Å². The molecule has 1 N–H and O–H groups in total. The molecule has 0 bridgehead atoms. The summed E-state index contributed by atoms with van der Waals surface area (Å²) in [6.07, 6.45) is 5.56. The first-order valence-electron chi connectivity index (χ1n) is 6.36. The van der Waals surface area contributed by atoms with E-state index in [0.717, 1.165) is 18.8 Å². The Balaban J connectivity index is 1.94. The average Bonchev–Trinajstić information content (AvgIpc) is 2.98. The van der Waals surface area contributed by atoms with E-state index in [1.54, 1.807) is 6.20 Å². The molecule has 0 aliphatic rings. The van der Waals surface area contributed by atoms with Gasteiger partial charge in [0.1, 0.15) is 11.8 Å². The highest BCUT2D eigenvalue weighted by atomic mass is 15.1. The molecular weight excluding hydrogens is 238 g/mol. The van der Waals surface area contributed by atoms with Crippen LogP contribution in [0.1, 0.15) is 23.9 Å². The van der Waals surface area contributed by atoms with Gasteiger partial charge < -0.3 is 14.5 Å². The lowest BCUT2D eigenvalue weighted by molar-refractivity contribution is 0.475. The maximum absolute atomic E-state index is 9.00. The molecule has 0 saturated carbocycles.